The second-order valence-electron chi connectivity index (χ2n) is 4.37. The van der Waals surface area contributed by atoms with Gasteiger partial charge in [-0.05, 0) is 19.1 Å². The Balaban J connectivity index is 2.57. The molecule has 1 atom stereocenters. The van der Waals surface area contributed by atoms with Crippen molar-refractivity contribution < 1.29 is 22.0 Å². The Morgan fingerprint density at radius 1 is 1.35 bits per heavy atom. The Morgan fingerprint density at radius 3 is 2.55 bits per heavy atom. The molecule has 2 nitrogen and oxygen atoms in total. The number of benzene rings is 1. The molecular formula is C12H10ClF5N2. The summed E-state index contributed by atoms with van der Waals surface area (Å²) in [5.41, 5.74) is 0.229. The standard InChI is InChI=1S/C12H10ClF5N2/c1-6(13)10-19-8-4-7(14)2-3-9(8)20(10)5-12(17,18)11(15)16/h2-4,6,11H,5H2,1H3. The van der Waals surface area contributed by atoms with Crippen LogP contribution in [0, 0.1) is 5.82 Å². The molecule has 20 heavy (non-hydrogen) atoms. The molecule has 1 heterocycles. The summed E-state index contributed by atoms with van der Waals surface area (Å²) < 4.78 is 65.1. The molecule has 0 spiro atoms. The molecule has 1 aromatic heterocycles. The first kappa shape index (κ1) is 15.0. The Labute approximate surface area is 116 Å². The summed E-state index contributed by atoms with van der Waals surface area (Å²) in [6, 6.07) is 3.29. The van der Waals surface area contributed by atoms with E-state index in [9.17, 15) is 22.0 Å². The topological polar surface area (TPSA) is 17.8 Å². The number of imidazole rings is 1. The van der Waals surface area contributed by atoms with Gasteiger partial charge < -0.3 is 4.57 Å². The molecular weight excluding hydrogens is 303 g/mol. The zero-order chi connectivity index (χ0) is 15.1. The van der Waals surface area contributed by atoms with Gasteiger partial charge in [-0.3, -0.25) is 0 Å². The number of halogens is 6. The van der Waals surface area contributed by atoms with Crippen LogP contribution in [0.25, 0.3) is 11.0 Å². The van der Waals surface area contributed by atoms with Crippen molar-refractivity contribution in [3.8, 4) is 0 Å². The summed E-state index contributed by atoms with van der Waals surface area (Å²) in [4.78, 5) is 3.93. The Kier molecular flexibility index (Phi) is 3.90. The predicted octanol–water partition coefficient (Wildman–Crippen LogP) is 4.38. The number of alkyl halides is 5. The minimum absolute atomic E-state index is 0.00686. The van der Waals surface area contributed by atoms with E-state index in [0.717, 1.165) is 16.7 Å². The first-order valence-electron chi connectivity index (χ1n) is 5.68. The normalized spacial score (nSPS) is 14.2. The van der Waals surface area contributed by atoms with Crippen LogP contribution in [0.15, 0.2) is 18.2 Å². The Morgan fingerprint density at radius 2 is 2.00 bits per heavy atom. The summed E-state index contributed by atoms with van der Waals surface area (Å²) in [5.74, 6) is -4.83. The van der Waals surface area contributed by atoms with Gasteiger partial charge in [-0.15, -0.1) is 11.6 Å². The van der Waals surface area contributed by atoms with Crippen molar-refractivity contribution in [2.45, 2.75) is 31.2 Å². The predicted molar refractivity (Wildman–Crippen MR) is 64.9 cm³/mol. The molecule has 0 aliphatic rings. The third-order valence-corrected chi connectivity index (χ3v) is 2.98. The molecule has 110 valence electrons. The first-order valence-corrected chi connectivity index (χ1v) is 6.11. The van der Waals surface area contributed by atoms with Crippen molar-refractivity contribution in [2.24, 2.45) is 0 Å². The number of aromatic nitrogens is 2. The fourth-order valence-electron chi connectivity index (χ4n) is 1.87. The molecule has 0 aliphatic heterocycles. The molecule has 0 aliphatic carbocycles. The molecule has 0 amide bonds. The van der Waals surface area contributed by atoms with Gasteiger partial charge in [0.05, 0.1) is 23.0 Å². The molecule has 0 saturated carbocycles. The maximum atomic E-state index is 13.2. The van der Waals surface area contributed by atoms with Crippen LogP contribution < -0.4 is 0 Å². The third kappa shape index (κ3) is 2.72. The summed E-state index contributed by atoms with van der Waals surface area (Å²) in [6.07, 6.45) is -3.81. The number of nitrogens with zero attached hydrogens (tertiary/aromatic N) is 2. The number of hydrogen-bond acceptors (Lipinski definition) is 1. The van der Waals surface area contributed by atoms with Crippen molar-refractivity contribution in [1.82, 2.24) is 9.55 Å². The minimum Gasteiger partial charge on any atom is -0.320 e. The highest BCUT2D eigenvalue weighted by atomic mass is 35.5. The molecule has 1 unspecified atom stereocenters. The van der Waals surface area contributed by atoms with Gasteiger partial charge in [0, 0.05) is 6.07 Å². The number of rotatable bonds is 4. The molecule has 0 radical (unpaired) electrons. The van der Waals surface area contributed by atoms with Gasteiger partial charge in [-0.1, -0.05) is 0 Å². The van der Waals surface area contributed by atoms with Gasteiger partial charge in [0.15, 0.2) is 0 Å². The van der Waals surface area contributed by atoms with Crippen molar-refractivity contribution in [3.05, 3.63) is 29.8 Å². The average Bonchev–Trinajstić information content (AvgIpc) is 2.66. The van der Waals surface area contributed by atoms with E-state index in [2.05, 4.69) is 4.98 Å². The van der Waals surface area contributed by atoms with E-state index in [4.69, 9.17) is 11.6 Å². The highest BCUT2D eigenvalue weighted by Crippen LogP contribution is 2.31. The fourth-order valence-corrected chi connectivity index (χ4v) is 2.04. The van der Waals surface area contributed by atoms with E-state index in [0.29, 0.717) is 0 Å². The van der Waals surface area contributed by atoms with Crippen LogP contribution in [0.1, 0.15) is 18.1 Å². The van der Waals surface area contributed by atoms with Crippen LogP contribution in [0.2, 0.25) is 0 Å². The van der Waals surface area contributed by atoms with E-state index in [1.54, 1.807) is 0 Å². The van der Waals surface area contributed by atoms with Crippen LogP contribution in [-0.4, -0.2) is 21.9 Å². The zero-order valence-electron chi connectivity index (χ0n) is 10.3. The highest BCUT2D eigenvalue weighted by molar-refractivity contribution is 6.20. The second kappa shape index (κ2) is 5.20. The second-order valence-corrected chi connectivity index (χ2v) is 5.02. The van der Waals surface area contributed by atoms with Crippen molar-refractivity contribution in [2.75, 3.05) is 0 Å². The lowest BCUT2D eigenvalue weighted by molar-refractivity contribution is -0.137. The van der Waals surface area contributed by atoms with Crippen LogP contribution in [-0.2, 0) is 6.54 Å². The Hall–Kier alpha value is -1.37. The van der Waals surface area contributed by atoms with E-state index in [1.807, 2.05) is 0 Å². The molecule has 0 fully saturated rings. The maximum absolute atomic E-state index is 13.2. The van der Waals surface area contributed by atoms with Gasteiger partial charge in [-0.2, -0.15) is 8.78 Å². The molecule has 0 saturated heterocycles. The summed E-state index contributed by atoms with van der Waals surface area (Å²) in [7, 11) is 0. The Bertz CT molecular complexity index is 624. The molecule has 0 N–H and O–H groups in total. The monoisotopic (exact) mass is 312 g/mol. The van der Waals surface area contributed by atoms with Crippen molar-refractivity contribution in [3.63, 3.8) is 0 Å². The van der Waals surface area contributed by atoms with E-state index >= 15 is 0 Å². The molecule has 0 bridgehead atoms. The molecule has 1 aromatic carbocycles. The van der Waals surface area contributed by atoms with E-state index < -0.39 is 30.1 Å². The first-order chi connectivity index (χ1) is 9.22. The van der Waals surface area contributed by atoms with Gasteiger partial charge in [0.2, 0.25) is 0 Å². The lowest BCUT2D eigenvalue weighted by Gasteiger charge is -2.18. The van der Waals surface area contributed by atoms with Gasteiger partial charge in [-0.25, -0.2) is 18.2 Å². The fraction of sp³-hybridized carbons (Fsp3) is 0.417. The van der Waals surface area contributed by atoms with Gasteiger partial charge in [0.1, 0.15) is 11.6 Å². The lowest BCUT2D eigenvalue weighted by atomic mass is 10.3. The largest absolute Gasteiger partial charge is 0.324 e. The van der Waals surface area contributed by atoms with E-state index in [1.165, 1.54) is 13.0 Å². The summed E-state index contributed by atoms with van der Waals surface area (Å²) in [5, 5.41) is -0.779. The maximum Gasteiger partial charge on any atom is 0.324 e. The van der Waals surface area contributed by atoms with Gasteiger partial charge >= 0.3 is 12.3 Å². The van der Waals surface area contributed by atoms with Gasteiger partial charge in [0.25, 0.3) is 0 Å². The lowest BCUT2D eigenvalue weighted by Crippen LogP contribution is -2.32. The van der Waals surface area contributed by atoms with E-state index in [-0.39, 0.29) is 16.9 Å². The molecule has 8 heteroatoms. The number of fused-ring (bicyclic) bond motifs is 1. The van der Waals surface area contributed by atoms with Crippen LogP contribution in [0.4, 0.5) is 22.0 Å². The average molecular weight is 313 g/mol. The minimum atomic E-state index is -4.22. The quantitative estimate of drug-likeness (QED) is 0.605. The van der Waals surface area contributed by atoms with Crippen LogP contribution in [0.3, 0.4) is 0 Å². The van der Waals surface area contributed by atoms with Crippen LogP contribution >= 0.6 is 11.6 Å². The van der Waals surface area contributed by atoms with Crippen molar-refractivity contribution >= 4 is 22.6 Å². The molecule has 2 rings (SSSR count). The van der Waals surface area contributed by atoms with Crippen LogP contribution in [0.5, 0.6) is 0 Å². The summed E-state index contributed by atoms with van der Waals surface area (Å²) >= 11 is 5.82. The highest BCUT2D eigenvalue weighted by Gasteiger charge is 2.42. The smallest absolute Gasteiger partial charge is 0.320 e. The molecule has 2 aromatic rings. The number of hydrogen-bond donors (Lipinski definition) is 0. The SMILES string of the molecule is CC(Cl)c1nc2cc(F)ccc2n1CC(F)(F)C(F)F. The third-order valence-electron chi connectivity index (χ3n) is 2.78. The van der Waals surface area contributed by atoms with Crippen molar-refractivity contribution in [1.29, 1.82) is 0 Å². The summed E-state index contributed by atoms with van der Waals surface area (Å²) in [6.45, 7) is 0.204. The zero-order valence-corrected chi connectivity index (χ0v) is 11.0.